The first kappa shape index (κ1) is 26.3. The number of amides is 1. The number of hydrogen-bond donors (Lipinski definition) is 1. The van der Waals surface area contributed by atoms with Gasteiger partial charge in [0.05, 0.1) is 26.3 Å². The van der Waals surface area contributed by atoms with Crippen molar-refractivity contribution in [2.75, 3.05) is 52.3 Å². The SMILES string of the molecule is COc1ccc(OCCN(C)C(=O)c2csc(Nc3cc(C4CCN(CC#N)CC4)nc(C)n3)n2)cc1. The molecule has 3 heterocycles. The molecule has 10 nitrogen and oxygen atoms in total. The van der Waals surface area contributed by atoms with Crippen LogP contribution < -0.4 is 14.8 Å². The molecule has 0 saturated carbocycles. The Labute approximate surface area is 220 Å². The number of thiazole rings is 1. The topological polar surface area (TPSA) is 117 Å². The number of hydrogen-bond acceptors (Lipinski definition) is 10. The maximum atomic E-state index is 12.8. The summed E-state index contributed by atoms with van der Waals surface area (Å²) < 4.78 is 10.9. The number of methoxy groups -OCH3 is 1. The first-order valence-electron chi connectivity index (χ1n) is 12.1. The molecule has 1 aliphatic rings. The molecule has 1 aliphatic heterocycles. The lowest BCUT2D eigenvalue weighted by Crippen LogP contribution is -2.33. The summed E-state index contributed by atoms with van der Waals surface area (Å²) in [6.07, 6.45) is 1.92. The molecule has 0 bridgehead atoms. The minimum atomic E-state index is -0.175. The Kier molecular flexibility index (Phi) is 8.87. The highest BCUT2D eigenvalue weighted by Gasteiger charge is 2.22. The van der Waals surface area contributed by atoms with Gasteiger partial charge in [-0.2, -0.15) is 5.26 Å². The minimum Gasteiger partial charge on any atom is -0.497 e. The van der Waals surface area contributed by atoms with Crippen LogP contribution in [0.3, 0.4) is 0 Å². The summed E-state index contributed by atoms with van der Waals surface area (Å²) >= 11 is 1.36. The number of piperidine rings is 1. The van der Waals surface area contributed by atoms with E-state index in [0.717, 1.165) is 37.4 Å². The summed E-state index contributed by atoms with van der Waals surface area (Å²) in [7, 11) is 3.35. The molecule has 3 aromatic rings. The summed E-state index contributed by atoms with van der Waals surface area (Å²) in [5.41, 5.74) is 1.37. The average Bonchev–Trinajstić information content (AvgIpc) is 3.37. The van der Waals surface area contributed by atoms with Crippen molar-refractivity contribution in [2.24, 2.45) is 0 Å². The lowest BCUT2D eigenvalue weighted by Gasteiger charge is -2.30. The van der Waals surface area contributed by atoms with Gasteiger partial charge in [0.25, 0.3) is 5.91 Å². The number of nitrogens with zero attached hydrogens (tertiary/aromatic N) is 6. The van der Waals surface area contributed by atoms with Crippen molar-refractivity contribution in [3.8, 4) is 17.6 Å². The Balaban J connectivity index is 1.31. The van der Waals surface area contributed by atoms with Crippen LogP contribution in [0.15, 0.2) is 35.7 Å². The molecule has 1 fully saturated rings. The molecule has 37 heavy (non-hydrogen) atoms. The fourth-order valence-corrected chi connectivity index (χ4v) is 4.85. The largest absolute Gasteiger partial charge is 0.497 e. The summed E-state index contributed by atoms with van der Waals surface area (Å²) in [5, 5.41) is 14.5. The zero-order valence-electron chi connectivity index (χ0n) is 21.3. The van der Waals surface area contributed by atoms with Gasteiger partial charge in [-0.05, 0) is 57.1 Å². The Bertz CT molecular complexity index is 1230. The van der Waals surface area contributed by atoms with E-state index in [4.69, 9.17) is 14.7 Å². The van der Waals surface area contributed by atoms with Crippen molar-refractivity contribution in [3.63, 3.8) is 0 Å². The van der Waals surface area contributed by atoms with Crippen LogP contribution in [0.4, 0.5) is 10.9 Å². The van der Waals surface area contributed by atoms with Crippen molar-refractivity contribution >= 4 is 28.2 Å². The highest BCUT2D eigenvalue weighted by Crippen LogP contribution is 2.29. The number of rotatable bonds is 10. The molecule has 0 spiro atoms. The second-order valence-corrected chi connectivity index (χ2v) is 9.71. The van der Waals surface area contributed by atoms with Crippen molar-refractivity contribution in [2.45, 2.75) is 25.7 Å². The number of benzene rings is 1. The van der Waals surface area contributed by atoms with E-state index in [-0.39, 0.29) is 5.91 Å². The fourth-order valence-electron chi connectivity index (χ4n) is 4.16. The van der Waals surface area contributed by atoms with Crippen LogP contribution in [0.2, 0.25) is 0 Å². The van der Waals surface area contributed by atoms with E-state index in [1.165, 1.54) is 11.3 Å². The van der Waals surface area contributed by atoms with E-state index in [2.05, 4.69) is 31.2 Å². The quantitative estimate of drug-likeness (QED) is 0.397. The summed E-state index contributed by atoms with van der Waals surface area (Å²) in [4.78, 5) is 30.2. The van der Waals surface area contributed by atoms with Crippen LogP contribution >= 0.6 is 11.3 Å². The summed E-state index contributed by atoms with van der Waals surface area (Å²) in [6.45, 7) is 4.91. The predicted molar refractivity (Wildman–Crippen MR) is 142 cm³/mol. The van der Waals surface area contributed by atoms with Gasteiger partial charge in [-0.15, -0.1) is 11.3 Å². The molecular weight excluding hydrogens is 490 g/mol. The van der Waals surface area contributed by atoms with E-state index in [9.17, 15) is 4.79 Å². The maximum absolute atomic E-state index is 12.8. The Morgan fingerprint density at radius 1 is 1.22 bits per heavy atom. The number of aromatic nitrogens is 3. The molecule has 0 atom stereocenters. The molecule has 0 aliphatic carbocycles. The van der Waals surface area contributed by atoms with E-state index in [1.807, 2.05) is 37.3 Å². The van der Waals surface area contributed by atoms with E-state index < -0.39 is 0 Å². The summed E-state index contributed by atoms with van der Waals surface area (Å²) in [6, 6.07) is 11.5. The zero-order chi connectivity index (χ0) is 26.2. The Hall–Kier alpha value is -3.75. The van der Waals surface area contributed by atoms with Crippen molar-refractivity contribution < 1.29 is 14.3 Å². The van der Waals surface area contributed by atoms with Gasteiger partial charge in [-0.3, -0.25) is 9.69 Å². The second kappa shape index (κ2) is 12.5. The number of likely N-dealkylation sites (tertiary alicyclic amines) is 1. The Morgan fingerprint density at radius 2 is 1.95 bits per heavy atom. The van der Waals surface area contributed by atoms with E-state index >= 15 is 0 Å². The number of anilines is 2. The average molecular weight is 522 g/mol. The molecule has 0 unspecified atom stereocenters. The molecule has 0 radical (unpaired) electrons. The number of carbonyl (C=O) groups excluding carboxylic acids is 1. The molecule has 4 rings (SSSR count). The minimum absolute atomic E-state index is 0.175. The third-order valence-electron chi connectivity index (χ3n) is 6.22. The highest BCUT2D eigenvalue weighted by molar-refractivity contribution is 7.14. The number of nitrogens with one attached hydrogen (secondary N) is 1. The zero-order valence-corrected chi connectivity index (χ0v) is 22.1. The van der Waals surface area contributed by atoms with E-state index in [0.29, 0.717) is 53.8 Å². The maximum Gasteiger partial charge on any atom is 0.273 e. The van der Waals surface area contributed by atoms with Crippen LogP contribution in [0.5, 0.6) is 11.5 Å². The molecule has 1 saturated heterocycles. The summed E-state index contributed by atoms with van der Waals surface area (Å²) in [5.74, 6) is 2.98. The molecule has 194 valence electrons. The van der Waals surface area contributed by atoms with Gasteiger partial charge in [0.2, 0.25) is 0 Å². The van der Waals surface area contributed by atoms with Gasteiger partial charge in [0.1, 0.15) is 35.4 Å². The highest BCUT2D eigenvalue weighted by atomic mass is 32.1. The van der Waals surface area contributed by atoms with Gasteiger partial charge < -0.3 is 19.7 Å². The first-order chi connectivity index (χ1) is 17.9. The molecule has 2 aromatic heterocycles. The van der Waals surface area contributed by atoms with Gasteiger partial charge in [-0.1, -0.05) is 0 Å². The van der Waals surface area contributed by atoms with Crippen molar-refractivity contribution in [1.29, 1.82) is 5.26 Å². The third-order valence-corrected chi connectivity index (χ3v) is 6.98. The number of nitriles is 1. The molecule has 1 N–H and O–H groups in total. The van der Waals surface area contributed by atoms with E-state index in [1.54, 1.807) is 24.4 Å². The molecule has 1 amide bonds. The second-order valence-electron chi connectivity index (χ2n) is 8.85. The van der Waals surface area contributed by atoms with Gasteiger partial charge >= 0.3 is 0 Å². The Morgan fingerprint density at radius 3 is 2.65 bits per heavy atom. The standard InChI is InChI=1S/C26H31N7O3S/c1-18-28-22(19-8-11-33(12-9-19)13-10-27)16-24(29-18)31-26-30-23(17-37-26)25(34)32(2)14-15-36-21-6-4-20(35-3)5-7-21/h4-7,16-17,19H,8-9,11-15H2,1-3H3,(H,28,29,30,31). The predicted octanol–water partition coefficient (Wildman–Crippen LogP) is 3.85. The van der Waals surface area contributed by atoms with Gasteiger partial charge in [-0.25, -0.2) is 15.0 Å². The van der Waals surface area contributed by atoms with Crippen LogP contribution in [0.1, 0.15) is 40.8 Å². The van der Waals surface area contributed by atoms with Crippen LogP contribution in [-0.2, 0) is 0 Å². The van der Waals surface area contributed by atoms with Crippen LogP contribution in [0.25, 0.3) is 0 Å². The first-order valence-corrected chi connectivity index (χ1v) is 13.0. The molecule has 11 heteroatoms. The molecule has 1 aromatic carbocycles. The number of carbonyl (C=O) groups is 1. The van der Waals surface area contributed by atoms with Gasteiger partial charge in [0, 0.05) is 30.1 Å². The number of likely N-dealkylation sites (N-methyl/N-ethyl adjacent to an activating group) is 1. The van der Waals surface area contributed by atoms with Crippen LogP contribution in [-0.4, -0.2) is 77.6 Å². The lowest BCUT2D eigenvalue weighted by molar-refractivity contribution is 0.0769. The van der Waals surface area contributed by atoms with Crippen molar-refractivity contribution in [3.05, 3.63) is 52.9 Å². The number of aryl methyl sites for hydroxylation is 1. The fraction of sp³-hybridized carbons (Fsp3) is 0.423. The van der Waals surface area contributed by atoms with Gasteiger partial charge in [0.15, 0.2) is 5.13 Å². The van der Waals surface area contributed by atoms with Crippen molar-refractivity contribution in [1.82, 2.24) is 24.8 Å². The normalized spacial score (nSPS) is 14.1. The van der Waals surface area contributed by atoms with Crippen LogP contribution in [0, 0.1) is 18.3 Å². The number of ether oxygens (including phenoxy) is 2. The third kappa shape index (κ3) is 7.15. The molecular formula is C26H31N7O3S. The monoisotopic (exact) mass is 521 g/mol. The lowest BCUT2D eigenvalue weighted by atomic mass is 9.93. The smallest absolute Gasteiger partial charge is 0.273 e.